The van der Waals surface area contributed by atoms with Crippen LogP contribution in [0.25, 0.3) is 0 Å². The third-order valence-electron chi connectivity index (χ3n) is 9.32. The molecule has 2 aromatic carbocycles. The highest BCUT2D eigenvalue weighted by Gasteiger charge is 2.79. The van der Waals surface area contributed by atoms with Crippen LogP contribution in [0.3, 0.4) is 0 Å². The topological polar surface area (TPSA) is 96.4 Å². The molecule has 228 valence electrons. The van der Waals surface area contributed by atoms with Crippen LogP contribution in [0.15, 0.2) is 86.0 Å². The van der Waals surface area contributed by atoms with Gasteiger partial charge >= 0.3 is 5.97 Å². The Hall–Kier alpha value is -3.75. The van der Waals surface area contributed by atoms with Gasteiger partial charge in [-0.2, -0.15) is 0 Å². The molecule has 0 aliphatic carbocycles. The lowest BCUT2D eigenvalue weighted by Gasteiger charge is -2.39. The molecule has 2 aromatic rings. The predicted octanol–water partition coefficient (Wildman–Crippen LogP) is 4.60. The number of aliphatic hydroxyl groups excluding tert-OH is 1. The molecule has 1 N–H and O–H groups in total. The molecule has 2 bridgehead atoms. The summed E-state index contributed by atoms with van der Waals surface area (Å²) in [5.41, 5.74) is -0.528. The van der Waals surface area contributed by atoms with Gasteiger partial charge in [0.05, 0.1) is 30.8 Å². The molecule has 3 aliphatic heterocycles. The third kappa shape index (κ3) is 5.54. The summed E-state index contributed by atoms with van der Waals surface area (Å²) in [5.74, 6) is -2.89. The number of esters is 1. The summed E-state index contributed by atoms with van der Waals surface area (Å²) in [6.07, 6.45) is 6.82. The minimum Gasteiger partial charge on any atom is -0.465 e. The standard InChI is InChI=1S/C35H42N2O6/c1-4-6-7-14-22-42-33(41)29-28-31(39)37(27(24-38)26-17-12-9-13-18-26)30(35(28)20-19-34(29,3)43-35)32(40)36(21-5-2)23-25-15-10-8-11-16-25/h4-5,8-13,15-18,27-30,38H,1-2,6-7,14,19-24H2,3H3/t27-,28+,29-,30?,34+,35?/m1/s1. The van der Waals surface area contributed by atoms with Crippen molar-refractivity contribution < 1.29 is 29.0 Å². The van der Waals surface area contributed by atoms with Crippen LogP contribution in [-0.2, 0) is 30.4 Å². The maximum Gasteiger partial charge on any atom is 0.312 e. The van der Waals surface area contributed by atoms with E-state index in [1.807, 2.05) is 73.7 Å². The summed E-state index contributed by atoms with van der Waals surface area (Å²) in [4.78, 5) is 46.2. The Bertz CT molecular complexity index is 1330. The van der Waals surface area contributed by atoms with E-state index < -0.39 is 47.7 Å². The van der Waals surface area contributed by atoms with Gasteiger partial charge in [0.2, 0.25) is 11.8 Å². The van der Waals surface area contributed by atoms with Crippen molar-refractivity contribution >= 4 is 17.8 Å². The molecule has 0 aromatic heterocycles. The van der Waals surface area contributed by atoms with Crippen molar-refractivity contribution in [3.8, 4) is 0 Å². The molecule has 3 fully saturated rings. The van der Waals surface area contributed by atoms with Crippen molar-refractivity contribution in [1.29, 1.82) is 0 Å². The number of amides is 2. The van der Waals surface area contributed by atoms with Crippen LogP contribution in [0.5, 0.6) is 0 Å². The first kappa shape index (κ1) is 30.7. The molecule has 8 heteroatoms. The van der Waals surface area contributed by atoms with Crippen molar-refractivity contribution in [2.24, 2.45) is 11.8 Å². The number of aliphatic hydroxyl groups is 1. The number of benzene rings is 2. The maximum absolute atomic E-state index is 14.7. The Balaban J connectivity index is 1.54. The number of likely N-dealkylation sites (tertiary alicyclic amines) is 1. The number of unbranched alkanes of at least 4 members (excludes halogenated alkanes) is 2. The Morgan fingerprint density at radius 2 is 1.79 bits per heavy atom. The van der Waals surface area contributed by atoms with Gasteiger partial charge in [-0.3, -0.25) is 14.4 Å². The van der Waals surface area contributed by atoms with E-state index in [0.717, 1.165) is 18.4 Å². The van der Waals surface area contributed by atoms with E-state index >= 15 is 0 Å². The van der Waals surface area contributed by atoms with Gasteiger partial charge in [0.25, 0.3) is 0 Å². The van der Waals surface area contributed by atoms with Crippen LogP contribution in [0, 0.1) is 11.8 Å². The fraction of sp³-hybridized carbons (Fsp3) is 0.457. The van der Waals surface area contributed by atoms with Crippen molar-refractivity contribution in [2.75, 3.05) is 19.8 Å². The smallest absolute Gasteiger partial charge is 0.312 e. The second-order valence-electron chi connectivity index (χ2n) is 12.0. The highest BCUT2D eigenvalue weighted by Crippen LogP contribution is 2.64. The van der Waals surface area contributed by atoms with Crippen molar-refractivity contribution in [3.63, 3.8) is 0 Å². The van der Waals surface area contributed by atoms with Crippen LogP contribution in [0.2, 0.25) is 0 Å². The van der Waals surface area contributed by atoms with Crippen LogP contribution in [0.4, 0.5) is 0 Å². The molecule has 3 saturated heterocycles. The first-order valence-electron chi connectivity index (χ1n) is 15.2. The zero-order valence-electron chi connectivity index (χ0n) is 24.9. The van der Waals surface area contributed by atoms with Gasteiger partial charge in [-0.15, -0.1) is 13.2 Å². The summed E-state index contributed by atoms with van der Waals surface area (Å²) in [6.45, 7) is 9.89. The normalized spacial score (nSPS) is 27.9. The lowest BCUT2D eigenvalue weighted by Crippen LogP contribution is -2.57. The van der Waals surface area contributed by atoms with E-state index in [4.69, 9.17) is 9.47 Å². The number of nitrogens with zero attached hydrogens (tertiary/aromatic N) is 2. The molecule has 3 aliphatic rings. The summed E-state index contributed by atoms with van der Waals surface area (Å²) in [7, 11) is 0. The molecule has 2 unspecified atom stereocenters. The molecule has 0 radical (unpaired) electrons. The predicted molar refractivity (Wildman–Crippen MR) is 162 cm³/mol. The van der Waals surface area contributed by atoms with Crippen LogP contribution < -0.4 is 0 Å². The minimum absolute atomic E-state index is 0.243. The number of fused-ring (bicyclic) bond motifs is 1. The van der Waals surface area contributed by atoms with Crippen molar-refractivity contribution in [1.82, 2.24) is 9.80 Å². The second-order valence-corrected chi connectivity index (χ2v) is 12.0. The number of allylic oxidation sites excluding steroid dienone is 1. The first-order valence-corrected chi connectivity index (χ1v) is 15.2. The average molecular weight is 587 g/mol. The fourth-order valence-electron chi connectivity index (χ4n) is 7.38. The molecular weight excluding hydrogens is 544 g/mol. The Labute approximate surface area is 254 Å². The SMILES string of the molecule is C=CCCCCOC(=O)[C@H]1[C@H]2C(=O)N([C@H](CO)c3ccccc3)C(C(=O)N(CC=C)Cc3ccccc3)C23CC[C@]1(C)O3. The zero-order chi connectivity index (χ0) is 30.6. The van der Waals surface area contributed by atoms with Crippen LogP contribution in [0.1, 0.15) is 56.2 Å². The molecular formula is C35H42N2O6. The van der Waals surface area contributed by atoms with Gasteiger partial charge in [-0.05, 0) is 50.2 Å². The lowest BCUT2D eigenvalue weighted by atomic mass is 9.66. The number of hydrogen-bond donors (Lipinski definition) is 1. The number of hydrogen-bond acceptors (Lipinski definition) is 6. The van der Waals surface area contributed by atoms with Gasteiger partial charge in [0.1, 0.15) is 17.6 Å². The number of carbonyl (C=O) groups excluding carboxylic acids is 3. The van der Waals surface area contributed by atoms with E-state index in [-0.39, 0.29) is 25.0 Å². The summed E-state index contributed by atoms with van der Waals surface area (Å²) in [5, 5.41) is 10.7. The van der Waals surface area contributed by atoms with Gasteiger partial charge < -0.3 is 24.4 Å². The Morgan fingerprint density at radius 1 is 1.09 bits per heavy atom. The Kier molecular flexibility index (Phi) is 9.18. The van der Waals surface area contributed by atoms with Gasteiger partial charge in [-0.25, -0.2) is 0 Å². The molecule has 6 atom stereocenters. The van der Waals surface area contributed by atoms with E-state index in [1.54, 1.807) is 11.0 Å². The number of carbonyl (C=O) groups is 3. The van der Waals surface area contributed by atoms with Gasteiger partial charge in [-0.1, -0.05) is 72.8 Å². The van der Waals surface area contributed by atoms with Gasteiger partial charge in [0.15, 0.2) is 0 Å². The van der Waals surface area contributed by atoms with E-state index in [9.17, 15) is 19.5 Å². The molecule has 43 heavy (non-hydrogen) atoms. The Morgan fingerprint density at radius 3 is 2.44 bits per heavy atom. The number of rotatable bonds is 14. The molecule has 1 spiro atoms. The van der Waals surface area contributed by atoms with E-state index in [0.29, 0.717) is 31.4 Å². The first-order chi connectivity index (χ1) is 20.8. The highest BCUT2D eigenvalue weighted by atomic mass is 16.6. The summed E-state index contributed by atoms with van der Waals surface area (Å²) in [6, 6.07) is 17.0. The van der Waals surface area contributed by atoms with E-state index in [2.05, 4.69) is 13.2 Å². The van der Waals surface area contributed by atoms with Gasteiger partial charge in [0, 0.05) is 13.1 Å². The lowest BCUT2D eigenvalue weighted by molar-refractivity contribution is -0.162. The second kappa shape index (κ2) is 12.9. The van der Waals surface area contributed by atoms with Crippen LogP contribution in [-0.4, -0.2) is 69.7 Å². The van der Waals surface area contributed by atoms with E-state index in [1.165, 1.54) is 4.90 Å². The van der Waals surface area contributed by atoms with Crippen molar-refractivity contribution in [2.45, 2.75) is 68.9 Å². The summed E-state index contributed by atoms with van der Waals surface area (Å²) < 4.78 is 12.5. The molecule has 0 saturated carbocycles. The molecule has 3 heterocycles. The maximum atomic E-state index is 14.7. The zero-order valence-corrected chi connectivity index (χ0v) is 24.9. The quantitative estimate of drug-likeness (QED) is 0.198. The summed E-state index contributed by atoms with van der Waals surface area (Å²) >= 11 is 0. The molecule has 8 nitrogen and oxygen atoms in total. The molecule has 5 rings (SSSR count). The number of ether oxygens (including phenoxy) is 2. The monoisotopic (exact) mass is 586 g/mol. The highest BCUT2D eigenvalue weighted by molar-refractivity contribution is 5.98. The minimum atomic E-state index is -1.23. The third-order valence-corrected chi connectivity index (χ3v) is 9.32. The van der Waals surface area contributed by atoms with Crippen LogP contribution >= 0.6 is 0 Å². The fourth-order valence-corrected chi connectivity index (χ4v) is 7.38. The largest absolute Gasteiger partial charge is 0.465 e. The van der Waals surface area contributed by atoms with Crippen molar-refractivity contribution in [3.05, 3.63) is 97.1 Å². The molecule has 2 amide bonds. The average Bonchev–Trinajstić information content (AvgIpc) is 3.59.